The molecule has 17 heavy (non-hydrogen) atoms. The SMILES string of the molecule is CCC(CCl)(CCl)NC(=O)c1ccc(Cl)cc1. The van der Waals surface area contributed by atoms with Gasteiger partial charge in [-0.2, -0.15) is 0 Å². The highest BCUT2D eigenvalue weighted by Crippen LogP contribution is 2.16. The lowest BCUT2D eigenvalue weighted by molar-refractivity contribution is 0.0913. The van der Waals surface area contributed by atoms with Gasteiger partial charge in [0, 0.05) is 22.3 Å². The van der Waals surface area contributed by atoms with Crippen LogP contribution in [0.5, 0.6) is 0 Å². The fourth-order valence-corrected chi connectivity index (χ4v) is 2.22. The van der Waals surface area contributed by atoms with Crippen molar-refractivity contribution in [2.75, 3.05) is 11.8 Å². The predicted molar refractivity (Wildman–Crippen MR) is 73.4 cm³/mol. The smallest absolute Gasteiger partial charge is 0.251 e. The summed E-state index contributed by atoms with van der Waals surface area (Å²) in [7, 11) is 0. The second-order valence-electron chi connectivity index (χ2n) is 3.86. The second kappa shape index (κ2) is 6.48. The van der Waals surface area contributed by atoms with E-state index in [1.54, 1.807) is 24.3 Å². The van der Waals surface area contributed by atoms with Crippen molar-refractivity contribution in [3.8, 4) is 0 Å². The van der Waals surface area contributed by atoms with Crippen LogP contribution >= 0.6 is 34.8 Å². The topological polar surface area (TPSA) is 29.1 Å². The molecule has 0 unspecified atom stereocenters. The maximum atomic E-state index is 12.0. The van der Waals surface area contributed by atoms with E-state index in [2.05, 4.69) is 5.32 Å². The van der Waals surface area contributed by atoms with Crippen LogP contribution in [-0.4, -0.2) is 23.2 Å². The summed E-state index contributed by atoms with van der Waals surface area (Å²) in [6.45, 7) is 1.94. The summed E-state index contributed by atoms with van der Waals surface area (Å²) >= 11 is 17.5. The van der Waals surface area contributed by atoms with Crippen LogP contribution in [0.1, 0.15) is 23.7 Å². The van der Waals surface area contributed by atoms with Gasteiger partial charge in [0.05, 0.1) is 5.54 Å². The van der Waals surface area contributed by atoms with Crippen molar-refractivity contribution in [2.45, 2.75) is 18.9 Å². The molecule has 0 atom stereocenters. The fourth-order valence-electron chi connectivity index (χ4n) is 1.29. The third-order valence-corrected chi connectivity index (χ3v) is 3.95. The highest BCUT2D eigenvalue weighted by molar-refractivity contribution is 6.30. The number of halogens is 3. The van der Waals surface area contributed by atoms with Crippen LogP contribution in [0.2, 0.25) is 5.02 Å². The van der Waals surface area contributed by atoms with Gasteiger partial charge >= 0.3 is 0 Å². The average Bonchev–Trinajstić information content (AvgIpc) is 2.37. The molecule has 5 heteroatoms. The van der Waals surface area contributed by atoms with E-state index in [4.69, 9.17) is 34.8 Å². The van der Waals surface area contributed by atoms with E-state index in [0.717, 1.165) is 0 Å². The number of amides is 1. The Hall–Kier alpha value is -0.440. The van der Waals surface area contributed by atoms with E-state index in [1.165, 1.54) is 0 Å². The standard InChI is InChI=1S/C12H14Cl3NO/c1-2-12(7-13,8-14)16-11(17)9-3-5-10(15)6-4-9/h3-6H,2,7-8H2,1H3,(H,16,17). The maximum absolute atomic E-state index is 12.0. The first-order chi connectivity index (χ1) is 8.06. The molecule has 1 rings (SSSR count). The lowest BCUT2D eigenvalue weighted by atomic mass is 10.0. The van der Waals surface area contributed by atoms with Gasteiger partial charge in [-0.1, -0.05) is 18.5 Å². The third kappa shape index (κ3) is 3.77. The average molecular weight is 295 g/mol. The van der Waals surface area contributed by atoms with Crippen molar-refractivity contribution in [1.29, 1.82) is 0 Å². The Morgan fingerprint density at radius 2 is 1.76 bits per heavy atom. The summed E-state index contributed by atoms with van der Waals surface area (Å²) in [4.78, 5) is 12.0. The molecule has 0 radical (unpaired) electrons. The van der Waals surface area contributed by atoms with Gasteiger partial charge in [0.2, 0.25) is 0 Å². The van der Waals surface area contributed by atoms with Crippen molar-refractivity contribution in [2.24, 2.45) is 0 Å². The molecule has 0 aliphatic rings. The summed E-state index contributed by atoms with van der Waals surface area (Å²) in [5.41, 5.74) is -0.0118. The van der Waals surface area contributed by atoms with Crippen LogP contribution in [0, 0.1) is 0 Å². The molecule has 1 N–H and O–H groups in total. The number of rotatable bonds is 5. The van der Waals surface area contributed by atoms with Crippen molar-refractivity contribution < 1.29 is 4.79 Å². The van der Waals surface area contributed by atoms with Gasteiger partial charge in [-0.05, 0) is 30.7 Å². The van der Waals surface area contributed by atoms with Crippen LogP contribution in [0.25, 0.3) is 0 Å². The minimum absolute atomic E-state index is 0.190. The zero-order valence-electron chi connectivity index (χ0n) is 9.47. The molecule has 0 aliphatic heterocycles. The maximum Gasteiger partial charge on any atom is 0.251 e. The van der Waals surface area contributed by atoms with Crippen molar-refractivity contribution in [3.63, 3.8) is 0 Å². The van der Waals surface area contributed by atoms with Gasteiger partial charge in [0.1, 0.15) is 0 Å². The quantitative estimate of drug-likeness (QED) is 0.824. The highest BCUT2D eigenvalue weighted by atomic mass is 35.5. The Morgan fingerprint density at radius 1 is 1.24 bits per heavy atom. The molecule has 0 saturated carbocycles. The molecule has 1 amide bonds. The highest BCUT2D eigenvalue weighted by Gasteiger charge is 2.28. The molecule has 1 aromatic carbocycles. The molecule has 0 heterocycles. The van der Waals surface area contributed by atoms with Crippen LogP contribution in [0.3, 0.4) is 0 Å². The molecule has 0 spiro atoms. The molecule has 0 bridgehead atoms. The number of hydrogen-bond donors (Lipinski definition) is 1. The largest absolute Gasteiger partial charge is 0.344 e. The van der Waals surface area contributed by atoms with Gasteiger partial charge in [-0.3, -0.25) is 4.79 Å². The van der Waals surface area contributed by atoms with E-state index in [9.17, 15) is 4.79 Å². The van der Waals surface area contributed by atoms with E-state index in [0.29, 0.717) is 17.0 Å². The van der Waals surface area contributed by atoms with Gasteiger partial charge in [0.25, 0.3) is 5.91 Å². The minimum Gasteiger partial charge on any atom is -0.344 e. The second-order valence-corrected chi connectivity index (χ2v) is 4.83. The predicted octanol–water partition coefficient (Wildman–Crippen LogP) is 3.70. The summed E-state index contributed by atoms with van der Waals surface area (Å²) in [6.07, 6.45) is 0.680. The molecule has 2 nitrogen and oxygen atoms in total. The first-order valence-corrected chi connectivity index (χ1v) is 6.71. The lowest BCUT2D eigenvalue weighted by Gasteiger charge is -2.29. The lowest BCUT2D eigenvalue weighted by Crippen LogP contribution is -2.51. The number of carbonyl (C=O) groups excluding carboxylic acids is 1. The molecule has 94 valence electrons. The van der Waals surface area contributed by atoms with Crippen LogP contribution in [0.4, 0.5) is 0 Å². The van der Waals surface area contributed by atoms with Gasteiger partial charge < -0.3 is 5.32 Å². The molecule has 0 saturated heterocycles. The summed E-state index contributed by atoms with van der Waals surface area (Å²) in [5.74, 6) is 0.378. The van der Waals surface area contributed by atoms with Crippen molar-refractivity contribution in [1.82, 2.24) is 5.32 Å². The molecular weight excluding hydrogens is 280 g/mol. The van der Waals surface area contributed by atoms with E-state index >= 15 is 0 Å². The number of benzene rings is 1. The van der Waals surface area contributed by atoms with Crippen molar-refractivity contribution >= 4 is 40.7 Å². The van der Waals surface area contributed by atoms with Gasteiger partial charge in [-0.15, -0.1) is 23.2 Å². The number of nitrogens with one attached hydrogen (secondary N) is 1. The Morgan fingerprint density at radius 3 is 2.18 bits per heavy atom. The Labute approximate surface area is 116 Å². The van der Waals surface area contributed by atoms with Crippen molar-refractivity contribution in [3.05, 3.63) is 34.9 Å². The first kappa shape index (κ1) is 14.6. The Kier molecular flexibility index (Phi) is 5.57. The molecule has 1 aromatic rings. The Bertz CT molecular complexity index is 366. The monoisotopic (exact) mass is 293 g/mol. The molecular formula is C12H14Cl3NO. The van der Waals surface area contributed by atoms with Gasteiger partial charge in [0.15, 0.2) is 0 Å². The zero-order chi connectivity index (χ0) is 12.9. The van der Waals surface area contributed by atoms with Crippen LogP contribution in [0.15, 0.2) is 24.3 Å². The zero-order valence-corrected chi connectivity index (χ0v) is 11.7. The first-order valence-electron chi connectivity index (χ1n) is 5.27. The Balaban J connectivity index is 2.81. The van der Waals surface area contributed by atoms with Crippen LogP contribution < -0.4 is 5.32 Å². The van der Waals surface area contributed by atoms with Crippen LogP contribution in [-0.2, 0) is 0 Å². The van der Waals surface area contributed by atoms with E-state index < -0.39 is 5.54 Å². The number of carbonyl (C=O) groups is 1. The minimum atomic E-state index is -0.556. The summed E-state index contributed by atoms with van der Waals surface area (Å²) in [6, 6.07) is 6.68. The number of hydrogen-bond acceptors (Lipinski definition) is 1. The van der Waals surface area contributed by atoms with E-state index in [-0.39, 0.29) is 17.7 Å². The molecule has 0 aromatic heterocycles. The molecule has 0 fully saturated rings. The van der Waals surface area contributed by atoms with E-state index in [1.807, 2.05) is 6.92 Å². The van der Waals surface area contributed by atoms with Gasteiger partial charge in [-0.25, -0.2) is 0 Å². The number of alkyl halides is 2. The summed E-state index contributed by atoms with van der Waals surface area (Å²) in [5, 5.41) is 3.46. The third-order valence-electron chi connectivity index (χ3n) is 2.67. The normalized spacial score (nSPS) is 11.3. The summed E-state index contributed by atoms with van der Waals surface area (Å²) < 4.78 is 0. The molecule has 0 aliphatic carbocycles. The fraction of sp³-hybridized carbons (Fsp3) is 0.417.